The molecule has 0 spiro atoms. The summed E-state index contributed by atoms with van der Waals surface area (Å²) in [5.74, 6) is 0.539. The Labute approximate surface area is 99.9 Å². The van der Waals surface area contributed by atoms with Crippen molar-refractivity contribution in [3.63, 3.8) is 0 Å². The largest absolute Gasteiger partial charge is 0.315 e. The standard InChI is InChI=1S/C12H25NO2S/c1-3-12(7-5-6-8-12)11-13-9-10-16(14,15)4-2/h13H,3-11H2,1-2H3. The molecule has 0 aromatic heterocycles. The van der Waals surface area contributed by atoms with E-state index in [9.17, 15) is 8.42 Å². The van der Waals surface area contributed by atoms with Crippen LogP contribution in [0.15, 0.2) is 0 Å². The second kappa shape index (κ2) is 6.01. The molecule has 0 radical (unpaired) electrons. The lowest BCUT2D eigenvalue weighted by molar-refractivity contribution is 0.271. The third-order valence-corrected chi connectivity index (χ3v) is 5.65. The van der Waals surface area contributed by atoms with Gasteiger partial charge in [0.1, 0.15) is 0 Å². The van der Waals surface area contributed by atoms with Gasteiger partial charge in [-0.2, -0.15) is 0 Å². The Kier molecular flexibility index (Phi) is 5.25. The lowest BCUT2D eigenvalue weighted by atomic mass is 9.83. The molecule has 4 heteroatoms. The van der Waals surface area contributed by atoms with Gasteiger partial charge in [-0.1, -0.05) is 26.7 Å². The Morgan fingerprint density at radius 3 is 2.31 bits per heavy atom. The van der Waals surface area contributed by atoms with E-state index in [1.165, 1.54) is 32.1 Å². The minimum Gasteiger partial charge on any atom is -0.315 e. The van der Waals surface area contributed by atoms with E-state index in [4.69, 9.17) is 0 Å². The predicted octanol–water partition coefficient (Wildman–Crippen LogP) is 1.98. The highest BCUT2D eigenvalue weighted by atomic mass is 32.2. The molecule has 0 aliphatic heterocycles. The van der Waals surface area contributed by atoms with Gasteiger partial charge in [-0.15, -0.1) is 0 Å². The number of sulfone groups is 1. The van der Waals surface area contributed by atoms with E-state index < -0.39 is 9.84 Å². The number of hydrogen-bond donors (Lipinski definition) is 1. The molecule has 1 saturated carbocycles. The molecule has 0 unspecified atom stereocenters. The summed E-state index contributed by atoms with van der Waals surface area (Å²) in [5, 5.41) is 3.33. The van der Waals surface area contributed by atoms with Gasteiger partial charge < -0.3 is 5.32 Å². The zero-order valence-electron chi connectivity index (χ0n) is 10.6. The van der Waals surface area contributed by atoms with Crippen molar-refractivity contribution in [1.82, 2.24) is 5.32 Å². The molecule has 1 aliphatic carbocycles. The van der Waals surface area contributed by atoms with Crippen LogP contribution in [0.4, 0.5) is 0 Å². The van der Waals surface area contributed by atoms with Crippen LogP contribution in [0.5, 0.6) is 0 Å². The predicted molar refractivity (Wildman–Crippen MR) is 68.4 cm³/mol. The van der Waals surface area contributed by atoms with Gasteiger partial charge in [0.2, 0.25) is 0 Å². The maximum atomic E-state index is 11.3. The normalized spacial score (nSPS) is 20.1. The van der Waals surface area contributed by atoms with E-state index in [0.717, 1.165) is 6.54 Å². The molecule has 16 heavy (non-hydrogen) atoms. The Bertz CT molecular complexity index is 292. The molecule has 1 aliphatic rings. The van der Waals surface area contributed by atoms with E-state index in [1.807, 2.05) is 0 Å². The minimum atomic E-state index is -2.80. The van der Waals surface area contributed by atoms with Crippen molar-refractivity contribution >= 4 is 9.84 Å². The van der Waals surface area contributed by atoms with E-state index in [2.05, 4.69) is 12.2 Å². The lowest BCUT2D eigenvalue weighted by Crippen LogP contribution is -2.34. The monoisotopic (exact) mass is 247 g/mol. The van der Waals surface area contributed by atoms with E-state index in [0.29, 0.717) is 12.0 Å². The quantitative estimate of drug-likeness (QED) is 0.700. The highest BCUT2D eigenvalue weighted by Gasteiger charge is 2.31. The Morgan fingerprint density at radius 2 is 1.81 bits per heavy atom. The number of nitrogens with one attached hydrogen (secondary N) is 1. The first-order valence-corrected chi connectivity index (χ1v) is 8.27. The Balaban J connectivity index is 2.24. The van der Waals surface area contributed by atoms with Crippen LogP contribution in [0.3, 0.4) is 0 Å². The van der Waals surface area contributed by atoms with Gasteiger partial charge in [0.05, 0.1) is 5.75 Å². The maximum Gasteiger partial charge on any atom is 0.151 e. The second-order valence-electron chi connectivity index (χ2n) is 4.97. The maximum absolute atomic E-state index is 11.3. The van der Waals surface area contributed by atoms with Crippen LogP contribution in [0.2, 0.25) is 0 Å². The summed E-state index contributed by atoms with van der Waals surface area (Å²) < 4.78 is 22.6. The third-order valence-electron chi connectivity index (χ3n) is 3.94. The molecule has 0 atom stereocenters. The summed E-state index contributed by atoms with van der Waals surface area (Å²) in [6.07, 6.45) is 6.49. The molecule has 1 rings (SSSR count). The van der Waals surface area contributed by atoms with Crippen molar-refractivity contribution < 1.29 is 8.42 Å². The van der Waals surface area contributed by atoms with Gasteiger partial charge in [-0.25, -0.2) is 8.42 Å². The molecular formula is C12H25NO2S. The van der Waals surface area contributed by atoms with Gasteiger partial charge in [0, 0.05) is 18.8 Å². The van der Waals surface area contributed by atoms with Gasteiger partial charge in [0.25, 0.3) is 0 Å². The fourth-order valence-corrected chi connectivity index (χ4v) is 3.25. The average Bonchev–Trinajstić information content (AvgIpc) is 2.74. The molecule has 1 N–H and O–H groups in total. The lowest BCUT2D eigenvalue weighted by Gasteiger charge is -2.27. The Hall–Kier alpha value is -0.0900. The van der Waals surface area contributed by atoms with Crippen molar-refractivity contribution in [3.05, 3.63) is 0 Å². The SMILES string of the molecule is CCC1(CNCCS(=O)(=O)CC)CCCC1. The first-order chi connectivity index (χ1) is 7.54. The molecule has 96 valence electrons. The number of hydrogen-bond acceptors (Lipinski definition) is 3. The molecule has 0 aromatic carbocycles. The van der Waals surface area contributed by atoms with Crippen LogP contribution in [0.1, 0.15) is 46.0 Å². The van der Waals surface area contributed by atoms with E-state index >= 15 is 0 Å². The summed E-state index contributed by atoms with van der Waals surface area (Å²) in [6, 6.07) is 0. The number of rotatable bonds is 7. The second-order valence-corrected chi connectivity index (χ2v) is 7.45. The summed E-state index contributed by atoms with van der Waals surface area (Å²) in [5.41, 5.74) is 0.454. The highest BCUT2D eigenvalue weighted by molar-refractivity contribution is 7.91. The zero-order valence-corrected chi connectivity index (χ0v) is 11.4. The molecule has 0 heterocycles. The van der Waals surface area contributed by atoms with Crippen molar-refractivity contribution in [2.24, 2.45) is 5.41 Å². The van der Waals surface area contributed by atoms with Crippen molar-refractivity contribution in [2.45, 2.75) is 46.0 Å². The van der Waals surface area contributed by atoms with Crippen molar-refractivity contribution in [2.75, 3.05) is 24.6 Å². The van der Waals surface area contributed by atoms with Gasteiger partial charge >= 0.3 is 0 Å². The molecule has 0 amide bonds. The van der Waals surface area contributed by atoms with Crippen LogP contribution in [-0.2, 0) is 9.84 Å². The highest BCUT2D eigenvalue weighted by Crippen LogP contribution is 2.40. The summed E-state index contributed by atoms with van der Waals surface area (Å²) in [6.45, 7) is 5.55. The van der Waals surface area contributed by atoms with Crippen LogP contribution >= 0.6 is 0 Å². The molecular weight excluding hydrogens is 222 g/mol. The van der Waals surface area contributed by atoms with Gasteiger partial charge in [0.15, 0.2) is 9.84 Å². The van der Waals surface area contributed by atoms with Crippen LogP contribution in [0, 0.1) is 5.41 Å². The molecule has 3 nitrogen and oxygen atoms in total. The molecule has 0 saturated heterocycles. The van der Waals surface area contributed by atoms with Crippen LogP contribution < -0.4 is 5.32 Å². The molecule has 0 bridgehead atoms. The summed E-state index contributed by atoms with van der Waals surface area (Å²) >= 11 is 0. The molecule has 0 aromatic rings. The van der Waals surface area contributed by atoms with Crippen LogP contribution in [0.25, 0.3) is 0 Å². The fourth-order valence-electron chi connectivity index (χ4n) is 2.51. The first-order valence-electron chi connectivity index (χ1n) is 6.45. The summed E-state index contributed by atoms with van der Waals surface area (Å²) in [7, 11) is -2.80. The van der Waals surface area contributed by atoms with E-state index in [-0.39, 0.29) is 11.5 Å². The van der Waals surface area contributed by atoms with Crippen LogP contribution in [-0.4, -0.2) is 33.0 Å². The topological polar surface area (TPSA) is 46.2 Å². The Morgan fingerprint density at radius 1 is 1.19 bits per heavy atom. The summed E-state index contributed by atoms with van der Waals surface area (Å²) in [4.78, 5) is 0. The van der Waals surface area contributed by atoms with Gasteiger partial charge in [-0.3, -0.25) is 0 Å². The van der Waals surface area contributed by atoms with E-state index in [1.54, 1.807) is 6.92 Å². The first kappa shape index (κ1) is 14.0. The average molecular weight is 247 g/mol. The van der Waals surface area contributed by atoms with Crippen molar-refractivity contribution in [1.29, 1.82) is 0 Å². The van der Waals surface area contributed by atoms with Crippen molar-refractivity contribution in [3.8, 4) is 0 Å². The smallest absolute Gasteiger partial charge is 0.151 e. The minimum absolute atomic E-state index is 0.258. The third kappa shape index (κ3) is 4.06. The zero-order chi connectivity index (χ0) is 12.1. The van der Waals surface area contributed by atoms with Gasteiger partial charge in [-0.05, 0) is 24.7 Å². The molecule has 1 fully saturated rings. The fraction of sp³-hybridized carbons (Fsp3) is 1.00.